The maximum absolute atomic E-state index is 11.9. The Morgan fingerprint density at radius 2 is 2.24 bits per heavy atom. The van der Waals surface area contributed by atoms with E-state index in [0.717, 1.165) is 31.4 Å². The average molecular weight is 254 g/mol. The standard InChI is InChI=1S/C12H18N2O2S/c1-9-10(17-8-14-9)11(15)13-7-12(16)5-3-2-4-6-12/h8,16H,2-7H2,1H3,(H,13,15). The van der Waals surface area contributed by atoms with Gasteiger partial charge in [0, 0.05) is 6.54 Å². The molecule has 2 N–H and O–H groups in total. The van der Waals surface area contributed by atoms with Crippen molar-refractivity contribution in [2.24, 2.45) is 0 Å². The smallest absolute Gasteiger partial charge is 0.263 e. The van der Waals surface area contributed by atoms with Crippen LogP contribution in [0.4, 0.5) is 0 Å². The van der Waals surface area contributed by atoms with Crippen molar-refractivity contribution in [2.45, 2.75) is 44.6 Å². The predicted molar refractivity (Wildman–Crippen MR) is 67.2 cm³/mol. The molecule has 0 unspecified atom stereocenters. The second-order valence-electron chi connectivity index (χ2n) is 4.73. The van der Waals surface area contributed by atoms with E-state index < -0.39 is 5.60 Å². The number of amides is 1. The van der Waals surface area contributed by atoms with Gasteiger partial charge in [0.1, 0.15) is 4.88 Å². The van der Waals surface area contributed by atoms with E-state index in [9.17, 15) is 9.90 Å². The van der Waals surface area contributed by atoms with E-state index in [1.807, 2.05) is 6.92 Å². The second-order valence-corrected chi connectivity index (χ2v) is 5.59. The fourth-order valence-electron chi connectivity index (χ4n) is 2.23. The largest absolute Gasteiger partial charge is 0.388 e. The number of carbonyl (C=O) groups excluding carboxylic acids is 1. The van der Waals surface area contributed by atoms with Gasteiger partial charge in [0.05, 0.1) is 16.8 Å². The summed E-state index contributed by atoms with van der Waals surface area (Å²) in [4.78, 5) is 16.5. The number of aliphatic hydroxyl groups is 1. The number of hydrogen-bond donors (Lipinski definition) is 2. The normalized spacial score (nSPS) is 18.9. The summed E-state index contributed by atoms with van der Waals surface area (Å²) in [5.41, 5.74) is 1.72. The first-order valence-corrected chi connectivity index (χ1v) is 6.89. The van der Waals surface area contributed by atoms with Gasteiger partial charge in [0.2, 0.25) is 0 Å². The minimum Gasteiger partial charge on any atom is -0.388 e. The summed E-state index contributed by atoms with van der Waals surface area (Å²) in [6.07, 6.45) is 4.85. The van der Waals surface area contributed by atoms with Crippen LogP contribution in [0.5, 0.6) is 0 Å². The third kappa shape index (κ3) is 3.04. The summed E-state index contributed by atoms with van der Waals surface area (Å²) in [7, 11) is 0. The van der Waals surface area contributed by atoms with Gasteiger partial charge in [-0.1, -0.05) is 19.3 Å². The van der Waals surface area contributed by atoms with Gasteiger partial charge in [-0.25, -0.2) is 4.98 Å². The summed E-state index contributed by atoms with van der Waals surface area (Å²) in [6.45, 7) is 2.17. The zero-order valence-electron chi connectivity index (χ0n) is 10.0. The maximum Gasteiger partial charge on any atom is 0.263 e. The number of nitrogens with zero attached hydrogens (tertiary/aromatic N) is 1. The molecule has 0 atom stereocenters. The number of aryl methyl sites for hydroxylation is 1. The van der Waals surface area contributed by atoms with Crippen molar-refractivity contribution in [1.29, 1.82) is 0 Å². The van der Waals surface area contributed by atoms with Crippen LogP contribution in [0.1, 0.15) is 47.5 Å². The van der Waals surface area contributed by atoms with E-state index in [1.165, 1.54) is 17.8 Å². The van der Waals surface area contributed by atoms with E-state index in [2.05, 4.69) is 10.3 Å². The quantitative estimate of drug-likeness (QED) is 0.865. The van der Waals surface area contributed by atoms with Gasteiger partial charge in [-0.05, 0) is 19.8 Å². The lowest BCUT2D eigenvalue weighted by molar-refractivity contribution is 0.00528. The SMILES string of the molecule is Cc1ncsc1C(=O)NCC1(O)CCCCC1. The minimum atomic E-state index is -0.702. The van der Waals surface area contributed by atoms with Crippen LogP contribution in [0.2, 0.25) is 0 Å². The van der Waals surface area contributed by atoms with Gasteiger partial charge in [-0.15, -0.1) is 11.3 Å². The average Bonchev–Trinajstić information content (AvgIpc) is 2.74. The predicted octanol–water partition coefficient (Wildman–Crippen LogP) is 1.88. The van der Waals surface area contributed by atoms with Crippen molar-refractivity contribution in [3.8, 4) is 0 Å². The Kier molecular flexibility index (Phi) is 3.79. The Balaban J connectivity index is 1.90. The summed E-state index contributed by atoms with van der Waals surface area (Å²) in [6, 6.07) is 0. The maximum atomic E-state index is 11.9. The molecule has 1 aliphatic carbocycles. The third-order valence-electron chi connectivity index (χ3n) is 3.31. The number of thiazole rings is 1. The molecule has 0 saturated heterocycles. The van der Waals surface area contributed by atoms with E-state index in [-0.39, 0.29) is 5.91 Å². The number of carbonyl (C=O) groups is 1. The lowest BCUT2D eigenvalue weighted by Gasteiger charge is -2.32. The molecular weight excluding hydrogens is 236 g/mol. The highest BCUT2D eigenvalue weighted by Gasteiger charge is 2.29. The van der Waals surface area contributed by atoms with Gasteiger partial charge in [-0.2, -0.15) is 0 Å². The Morgan fingerprint density at radius 3 is 2.82 bits per heavy atom. The Hall–Kier alpha value is -0.940. The zero-order chi connectivity index (χ0) is 12.3. The van der Waals surface area contributed by atoms with Crippen LogP contribution in [0.3, 0.4) is 0 Å². The first-order valence-electron chi connectivity index (χ1n) is 6.01. The van der Waals surface area contributed by atoms with Crippen molar-refractivity contribution >= 4 is 17.2 Å². The summed E-state index contributed by atoms with van der Waals surface area (Å²) in [5.74, 6) is -0.121. The summed E-state index contributed by atoms with van der Waals surface area (Å²) in [5, 5.41) is 13.1. The van der Waals surface area contributed by atoms with Crippen molar-refractivity contribution in [1.82, 2.24) is 10.3 Å². The van der Waals surface area contributed by atoms with Gasteiger partial charge < -0.3 is 10.4 Å². The molecule has 1 aromatic heterocycles. The molecule has 2 rings (SSSR count). The molecular formula is C12H18N2O2S. The van der Waals surface area contributed by atoms with E-state index in [0.29, 0.717) is 11.4 Å². The molecule has 17 heavy (non-hydrogen) atoms. The van der Waals surface area contributed by atoms with Gasteiger partial charge >= 0.3 is 0 Å². The first kappa shape index (κ1) is 12.5. The molecule has 1 saturated carbocycles. The van der Waals surface area contributed by atoms with Crippen LogP contribution in [-0.2, 0) is 0 Å². The molecule has 0 spiro atoms. The molecule has 1 heterocycles. The van der Waals surface area contributed by atoms with Crippen molar-refractivity contribution in [2.75, 3.05) is 6.54 Å². The molecule has 5 heteroatoms. The van der Waals surface area contributed by atoms with E-state index in [1.54, 1.807) is 5.51 Å². The zero-order valence-corrected chi connectivity index (χ0v) is 10.8. The van der Waals surface area contributed by atoms with Crippen LogP contribution >= 0.6 is 11.3 Å². The summed E-state index contributed by atoms with van der Waals surface area (Å²) >= 11 is 1.34. The fraction of sp³-hybridized carbons (Fsp3) is 0.667. The molecule has 0 radical (unpaired) electrons. The van der Waals surface area contributed by atoms with Crippen molar-refractivity contribution < 1.29 is 9.90 Å². The molecule has 0 aromatic carbocycles. The lowest BCUT2D eigenvalue weighted by atomic mass is 9.85. The third-order valence-corrected chi connectivity index (χ3v) is 4.24. The molecule has 1 fully saturated rings. The second kappa shape index (κ2) is 5.14. The highest BCUT2D eigenvalue weighted by atomic mass is 32.1. The fourth-order valence-corrected chi connectivity index (χ4v) is 2.95. The topological polar surface area (TPSA) is 62.2 Å². The molecule has 0 bridgehead atoms. The van der Waals surface area contributed by atoms with Crippen LogP contribution in [0.15, 0.2) is 5.51 Å². The summed E-state index contributed by atoms with van der Waals surface area (Å²) < 4.78 is 0. The van der Waals surface area contributed by atoms with Crippen LogP contribution in [0.25, 0.3) is 0 Å². The number of aromatic nitrogens is 1. The molecule has 1 aliphatic rings. The van der Waals surface area contributed by atoms with Gasteiger partial charge in [0.15, 0.2) is 0 Å². The van der Waals surface area contributed by atoms with Crippen LogP contribution < -0.4 is 5.32 Å². The monoisotopic (exact) mass is 254 g/mol. The van der Waals surface area contributed by atoms with E-state index >= 15 is 0 Å². The molecule has 4 nitrogen and oxygen atoms in total. The van der Waals surface area contributed by atoms with E-state index in [4.69, 9.17) is 0 Å². The Labute approximate surface area is 105 Å². The van der Waals surface area contributed by atoms with Gasteiger partial charge in [0.25, 0.3) is 5.91 Å². The van der Waals surface area contributed by atoms with Gasteiger partial charge in [-0.3, -0.25) is 4.79 Å². The Bertz CT molecular complexity index is 397. The van der Waals surface area contributed by atoms with Crippen molar-refractivity contribution in [3.05, 3.63) is 16.1 Å². The van der Waals surface area contributed by atoms with Crippen LogP contribution in [-0.4, -0.2) is 28.1 Å². The highest BCUT2D eigenvalue weighted by molar-refractivity contribution is 7.11. The number of hydrogen-bond acceptors (Lipinski definition) is 4. The van der Waals surface area contributed by atoms with Crippen molar-refractivity contribution in [3.63, 3.8) is 0 Å². The first-order chi connectivity index (χ1) is 8.11. The molecule has 94 valence electrons. The number of rotatable bonds is 3. The molecule has 1 amide bonds. The van der Waals surface area contributed by atoms with Crippen LogP contribution in [0, 0.1) is 6.92 Å². The molecule has 0 aliphatic heterocycles. The molecule has 1 aromatic rings. The Morgan fingerprint density at radius 1 is 1.53 bits per heavy atom. The number of nitrogens with one attached hydrogen (secondary N) is 1. The minimum absolute atomic E-state index is 0.121. The lowest BCUT2D eigenvalue weighted by Crippen LogP contribution is -2.44. The highest BCUT2D eigenvalue weighted by Crippen LogP contribution is 2.27.